The molecule has 1 fully saturated rings. The molecule has 0 radical (unpaired) electrons. The maximum atomic E-state index is 12.7. The van der Waals surface area contributed by atoms with Crippen molar-refractivity contribution in [3.8, 4) is 0 Å². The zero-order chi connectivity index (χ0) is 19.3. The van der Waals surface area contributed by atoms with E-state index in [0.717, 1.165) is 41.7 Å². The standard InChI is InChI=1S/C20H24N4O2S2/c1-14(22-20-23-15-5-2-3-6-17(15)28-20)19(25)21-13-16(18-7-4-12-27-18)24-8-10-26-11-9-24/h2-7,12,14,16H,8-11,13H2,1H3,(H,21,25)(H,22,23). The highest BCUT2D eigenvalue weighted by molar-refractivity contribution is 7.22. The Balaban J connectivity index is 1.37. The molecule has 3 aromatic rings. The fourth-order valence-corrected chi connectivity index (χ4v) is 5.13. The van der Waals surface area contributed by atoms with Crippen LogP contribution in [0.5, 0.6) is 0 Å². The Morgan fingerprint density at radius 3 is 2.82 bits per heavy atom. The summed E-state index contributed by atoms with van der Waals surface area (Å²) in [5.74, 6) is -0.0194. The SMILES string of the molecule is CC(Nc1nc2ccccc2s1)C(=O)NCC(c1cccs1)N1CCOCC1. The van der Waals surface area contributed by atoms with Crippen molar-refractivity contribution >= 4 is 43.9 Å². The molecule has 4 rings (SSSR count). The molecule has 0 spiro atoms. The lowest BCUT2D eigenvalue weighted by Gasteiger charge is -2.34. The van der Waals surface area contributed by atoms with Crippen LogP contribution in [0.2, 0.25) is 0 Å². The summed E-state index contributed by atoms with van der Waals surface area (Å²) in [4.78, 5) is 20.9. The summed E-state index contributed by atoms with van der Waals surface area (Å²) in [6, 6.07) is 12.0. The number of nitrogens with one attached hydrogen (secondary N) is 2. The molecule has 0 bridgehead atoms. The summed E-state index contributed by atoms with van der Waals surface area (Å²) in [6.07, 6.45) is 0. The van der Waals surface area contributed by atoms with Crippen LogP contribution in [0, 0.1) is 0 Å². The summed E-state index contributed by atoms with van der Waals surface area (Å²) in [5, 5.41) is 9.21. The van der Waals surface area contributed by atoms with E-state index in [1.165, 1.54) is 4.88 Å². The van der Waals surface area contributed by atoms with Gasteiger partial charge in [0.1, 0.15) is 6.04 Å². The maximum Gasteiger partial charge on any atom is 0.242 e. The van der Waals surface area contributed by atoms with Gasteiger partial charge in [-0.05, 0) is 30.5 Å². The molecule has 1 aliphatic heterocycles. The summed E-state index contributed by atoms with van der Waals surface area (Å²) in [6.45, 7) is 5.72. The highest BCUT2D eigenvalue weighted by Gasteiger charge is 2.25. The van der Waals surface area contributed by atoms with Crippen molar-refractivity contribution in [3.05, 3.63) is 46.7 Å². The molecular formula is C20H24N4O2S2. The molecule has 1 saturated heterocycles. The molecule has 2 atom stereocenters. The van der Waals surface area contributed by atoms with Gasteiger partial charge in [0.2, 0.25) is 5.91 Å². The number of thiophene rings is 1. The Hall–Kier alpha value is -2.00. The molecule has 3 heterocycles. The lowest BCUT2D eigenvalue weighted by Crippen LogP contribution is -2.46. The summed E-state index contributed by atoms with van der Waals surface area (Å²) in [5.41, 5.74) is 0.952. The van der Waals surface area contributed by atoms with Crippen molar-refractivity contribution in [2.75, 3.05) is 38.2 Å². The topological polar surface area (TPSA) is 66.5 Å². The predicted molar refractivity (Wildman–Crippen MR) is 115 cm³/mol. The van der Waals surface area contributed by atoms with Gasteiger partial charge in [-0.2, -0.15) is 0 Å². The molecular weight excluding hydrogens is 392 g/mol. The summed E-state index contributed by atoms with van der Waals surface area (Å²) < 4.78 is 6.59. The number of fused-ring (bicyclic) bond motifs is 1. The van der Waals surface area contributed by atoms with Crippen LogP contribution in [0.4, 0.5) is 5.13 Å². The van der Waals surface area contributed by atoms with E-state index in [2.05, 4.69) is 38.0 Å². The highest BCUT2D eigenvalue weighted by atomic mass is 32.1. The average Bonchev–Trinajstić information content (AvgIpc) is 3.38. The fraction of sp³-hybridized carbons (Fsp3) is 0.400. The van der Waals surface area contributed by atoms with E-state index in [-0.39, 0.29) is 18.0 Å². The third-order valence-electron chi connectivity index (χ3n) is 4.85. The van der Waals surface area contributed by atoms with Gasteiger partial charge in [0.05, 0.1) is 29.5 Å². The molecule has 2 unspecified atom stereocenters. The van der Waals surface area contributed by atoms with Gasteiger partial charge in [-0.3, -0.25) is 9.69 Å². The molecule has 28 heavy (non-hydrogen) atoms. The van der Waals surface area contributed by atoms with Crippen molar-refractivity contribution in [2.24, 2.45) is 0 Å². The number of hydrogen-bond acceptors (Lipinski definition) is 7. The zero-order valence-corrected chi connectivity index (χ0v) is 17.4. The third kappa shape index (κ3) is 4.52. The molecule has 0 saturated carbocycles. The number of para-hydroxylation sites is 1. The van der Waals surface area contributed by atoms with Crippen molar-refractivity contribution in [1.82, 2.24) is 15.2 Å². The van der Waals surface area contributed by atoms with Crippen LogP contribution in [0.1, 0.15) is 17.8 Å². The number of morpholine rings is 1. The number of thiazole rings is 1. The number of aromatic nitrogens is 1. The number of benzene rings is 1. The Morgan fingerprint density at radius 2 is 2.07 bits per heavy atom. The third-order valence-corrected chi connectivity index (χ3v) is 6.80. The Morgan fingerprint density at radius 1 is 1.25 bits per heavy atom. The number of rotatable bonds is 7. The van der Waals surface area contributed by atoms with Gasteiger partial charge < -0.3 is 15.4 Å². The number of carbonyl (C=O) groups excluding carboxylic acids is 1. The molecule has 1 aromatic carbocycles. The monoisotopic (exact) mass is 416 g/mol. The van der Waals surface area contributed by atoms with Crippen molar-refractivity contribution < 1.29 is 9.53 Å². The molecule has 2 aromatic heterocycles. The highest BCUT2D eigenvalue weighted by Crippen LogP contribution is 2.27. The minimum Gasteiger partial charge on any atom is -0.379 e. The van der Waals surface area contributed by atoms with Crippen LogP contribution >= 0.6 is 22.7 Å². The van der Waals surface area contributed by atoms with E-state index in [1.54, 1.807) is 22.7 Å². The van der Waals surface area contributed by atoms with Crippen LogP contribution in [0.25, 0.3) is 10.2 Å². The first kappa shape index (κ1) is 19.3. The molecule has 2 N–H and O–H groups in total. The van der Waals surface area contributed by atoms with Gasteiger partial charge in [-0.1, -0.05) is 29.5 Å². The first-order valence-electron chi connectivity index (χ1n) is 9.46. The largest absolute Gasteiger partial charge is 0.379 e. The van der Waals surface area contributed by atoms with Gasteiger partial charge in [0, 0.05) is 24.5 Å². The normalized spacial score (nSPS) is 17.3. The minimum absolute atomic E-state index is 0.0194. The van der Waals surface area contributed by atoms with E-state index in [0.29, 0.717) is 6.54 Å². The van der Waals surface area contributed by atoms with E-state index in [1.807, 2.05) is 31.2 Å². The van der Waals surface area contributed by atoms with Crippen LogP contribution in [0.3, 0.4) is 0 Å². The van der Waals surface area contributed by atoms with Crippen molar-refractivity contribution in [2.45, 2.75) is 19.0 Å². The van der Waals surface area contributed by atoms with Gasteiger partial charge >= 0.3 is 0 Å². The second kappa shape index (κ2) is 9.00. The van der Waals surface area contributed by atoms with E-state index >= 15 is 0 Å². The second-order valence-corrected chi connectivity index (χ2v) is 8.79. The van der Waals surface area contributed by atoms with E-state index in [9.17, 15) is 4.79 Å². The Labute approximate surface area is 172 Å². The second-order valence-electron chi connectivity index (χ2n) is 6.78. The van der Waals surface area contributed by atoms with E-state index < -0.39 is 0 Å². The average molecular weight is 417 g/mol. The molecule has 1 amide bonds. The smallest absolute Gasteiger partial charge is 0.242 e. The Kier molecular flexibility index (Phi) is 6.21. The molecule has 6 nitrogen and oxygen atoms in total. The number of hydrogen-bond donors (Lipinski definition) is 2. The molecule has 0 aliphatic carbocycles. The van der Waals surface area contributed by atoms with Crippen LogP contribution in [-0.4, -0.2) is 54.7 Å². The zero-order valence-electron chi connectivity index (χ0n) is 15.8. The fourth-order valence-electron chi connectivity index (χ4n) is 3.31. The number of carbonyl (C=O) groups is 1. The van der Waals surface area contributed by atoms with Gasteiger partial charge in [-0.15, -0.1) is 11.3 Å². The van der Waals surface area contributed by atoms with Crippen LogP contribution in [0.15, 0.2) is 41.8 Å². The number of ether oxygens (including phenoxy) is 1. The van der Waals surface area contributed by atoms with Crippen LogP contribution < -0.4 is 10.6 Å². The first-order valence-corrected chi connectivity index (χ1v) is 11.2. The van der Waals surface area contributed by atoms with Gasteiger partial charge in [-0.25, -0.2) is 4.98 Å². The number of nitrogens with zero attached hydrogens (tertiary/aromatic N) is 2. The van der Waals surface area contributed by atoms with Crippen molar-refractivity contribution in [3.63, 3.8) is 0 Å². The Bertz CT molecular complexity index is 873. The molecule has 148 valence electrons. The van der Waals surface area contributed by atoms with Crippen molar-refractivity contribution in [1.29, 1.82) is 0 Å². The molecule has 1 aliphatic rings. The number of amides is 1. The van der Waals surface area contributed by atoms with Gasteiger partial charge in [0.25, 0.3) is 0 Å². The predicted octanol–water partition coefficient (Wildman–Crippen LogP) is 3.35. The summed E-state index contributed by atoms with van der Waals surface area (Å²) >= 11 is 3.30. The lowest BCUT2D eigenvalue weighted by atomic mass is 10.1. The molecule has 8 heteroatoms. The minimum atomic E-state index is -0.353. The summed E-state index contributed by atoms with van der Waals surface area (Å²) in [7, 11) is 0. The lowest BCUT2D eigenvalue weighted by molar-refractivity contribution is -0.121. The quantitative estimate of drug-likeness (QED) is 0.618. The number of anilines is 1. The van der Waals surface area contributed by atoms with Gasteiger partial charge in [0.15, 0.2) is 5.13 Å². The maximum absolute atomic E-state index is 12.7. The van der Waals surface area contributed by atoms with Crippen LogP contribution in [-0.2, 0) is 9.53 Å². The first-order chi connectivity index (χ1) is 13.7. The van der Waals surface area contributed by atoms with E-state index in [4.69, 9.17) is 4.74 Å².